The zero-order valence-electron chi connectivity index (χ0n) is 10.6. The van der Waals surface area contributed by atoms with Crippen LogP contribution in [0, 0.1) is 13.3 Å². The van der Waals surface area contributed by atoms with Gasteiger partial charge in [0, 0.05) is 0 Å². The quantitative estimate of drug-likeness (QED) is 0.467. The Kier molecular flexibility index (Phi) is 12.6. The van der Waals surface area contributed by atoms with E-state index in [1.54, 1.807) is 0 Å². The predicted octanol–water partition coefficient (Wildman–Crippen LogP) is 1.67. The van der Waals surface area contributed by atoms with Crippen LogP contribution in [-0.4, -0.2) is 12.5 Å². The van der Waals surface area contributed by atoms with Crippen LogP contribution in [0.3, 0.4) is 0 Å². The minimum absolute atomic E-state index is 0. The molecule has 6 heteroatoms. The number of unbranched alkanes of at least 4 members (excludes halogenated alkanes) is 2. The number of hydrogen-bond donors (Lipinski definition) is 0. The minimum Gasteiger partial charge on any atom is -0.542 e. The van der Waals surface area contributed by atoms with Gasteiger partial charge in [0.05, 0.1) is 0 Å². The van der Waals surface area contributed by atoms with E-state index in [0.717, 1.165) is 10.0 Å². The second kappa shape index (κ2) is 11.5. The smallest absolute Gasteiger partial charge is 0.542 e. The van der Waals surface area contributed by atoms with E-state index in [9.17, 15) is 18.0 Å². The van der Waals surface area contributed by atoms with Gasteiger partial charge in [-0.3, -0.25) is 6.29 Å². The SMILES string of the molecule is O=[C-]CCC[CH-]C(F)(F)F.[CH2-]c1cccc(Br)c1.[Li+]. The van der Waals surface area contributed by atoms with Crippen LogP contribution >= 0.6 is 15.9 Å². The summed E-state index contributed by atoms with van der Waals surface area (Å²) in [6.45, 7) is 3.75. The van der Waals surface area contributed by atoms with E-state index >= 15 is 0 Å². The molecular formula is C13H13BrF3LiO-2. The fourth-order valence-corrected chi connectivity index (χ4v) is 1.42. The number of alkyl halides is 3. The first-order valence-electron chi connectivity index (χ1n) is 5.19. The van der Waals surface area contributed by atoms with Crippen molar-refractivity contribution >= 4 is 22.2 Å². The zero-order chi connectivity index (χ0) is 14.0. The number of benzene rings is 1. The zero-order valence-corrected chi connectivity index (χ0v) is 12.2. The molecular weight excluding hydrogens is 316 g/mol. The molecule has 0 saturated carbocycles. The molecule has 102 valence electrons. The summed E-state index contributed by atoms with van der Waals surface area (Å²) in [5, 5.41) is 0. The molecule has 0 unspecified atom stereocenters. The molecule has 19 heavy (non-hydrogen) atoms. The van der Waals surface area contributed by atoms with Crippen LogP contribution in [0.4, 0.5) is 13.2 Å². The topological polar surface area (TPSA) is 17.1 Å². The van der Waals surface area contributed by atoms with Crippen molar-refractivity contribution in [3.63, 3.8) is 0 Å². The summed E-state index contributed by atoms with van der Waals surface area (Å²) in [4.78, 5) is 9.51. The molecule has 0 spiro atoms. The van der Waals surface area contributed by atoms with Crippen molar-refractivity contribution in [1.29, 1.82) is 0 Å². The number of halogens is 4. The molecule has 0 aromatic heterocycles. The van der Waals surface area contributed by atoms with Gasteiger partial charge in [-0.2, -0.15) is 31.4 Å². The molecule has 1 nitrogen and oxygen atoms in total. The summed E-state index contributed by atoms with van der Waals surface area (Å²) < 4.78 is 35.1. The first kappa shape index (κ1) is 20.9. The van der Waals surface area contributed by atoms with Crippen LogP contribution in [0.2, 0.25) is 0 Å². The van der Waals surface area contributed by atoms with Crippen molar-refractivity contribution in [1.82, 2.24) is 0 Å². The molecule has 0 heterocycles. The summed E-state index contributed by atoms with van der Waals surface area (Å²) in [5.41, 5.74) is 1.04. The minimum atomic E-state index is -4.21. The van der Waals surface area contributed by atoms with Crippen LogP contribution in [-0.2, 0) is 4.79 Å². The Hall–Kier alpha value is -0.373. The molecule has 1 aromatic rings. The maximum Gasteiger partial charge on any atom is 1.00 e. The first-order chi connectivity index (χ1) is 8.35. The molecule has 0 aliphatic carbocycles. The van der Waals surface area contributed by atoms with Gasteiger partial charge < -0.3 is 4.79 Å². The van der Waals surface area contributed by atoms with Crippen molar-refractivity contribution in [2.24, 2.45) is 0 Å². The fraction of sp³-hybridized carbons (Fsp3) is 0.308. The maximum atomic E-state index is 11.3. The summed E-state index contributed by atoms with van der Waals surface area (Å²) in [7, 11) is 0. The first-order valence-corrected chi connectivity index (χ1v) is 5.98. The van der Waals surface area contributed by atoms with Crippen LogP contribution in [0.5, 0.6) is 0 Å². The molecule has 1 rings (SSSR count). The average molecular weight is 329 g/mol. The molecule has 1 aromatic carbocycles. The van der Waals surface area contributed by atoms with E-state index in [2.05, 4.69) is 22.9 Å². The largest absolute Gasteiger partial charge is 1.00 e. The van der Waals surface area contributed by atoms with Gasteiger partial charge in [-0.15, -0.1) is 18.6 Å². The summed E-state index contributed by atoms with van der Waals surface area (Å²) in [6, 6.07) is 7.88. The normalized spacial score (nSPS) is 9.89. The Labute approximate surface area is 132 Å². The van der Waals surface area contributed by atoms with Crippen molar-refractivity contribution in [3.05, 3.63) is 47.6 Å². The van der Waals surface area contributed by atoms with Gasteiger partial charge in [-0.25, -0.2) is 19.6 Å². The van der Waals surface area contributed by atoms with Gasteiger partial charge in [0.2, 0.25) is 0 Å². The van der Waals surface area contributed by atoms with E-state index < -0.39 is 6.18 Å². The predicted molar refractivity (Wildman–Crippen MR) is 68.5 cm³/mol. The van der Waals surface area contributed by atoms with E-state index in [-0.39, 0.29) is 44.5 Å². The molecule has 0 atom stereocenters. The Balaban J connectivity index is 0. The third-order valence-corrected chi connectivity index (χ3v) is 2.24. The van der Waals surface area contributed by atoms with Crippen molar-refractivity contribution in [3.8, 4) is 0 Å². The molecule has 0 aliphatic heterocycles. The van der Waals surface area contributed by atoms with E-state index in [1.165, 1.54) is 6.29 Å². The average Bonchev–Trinajstić information content (AvgIpc) is 2.24. The Bertz CT molecular complexity index is 339. The molecule has 0 fully saturated rings. The summed E-state index contributed by atoms with van der Waals surface area (Å²) >= 11 is 3.32. The summed E-state index contributed by atoms with van der Waals surface area (Å²) in [6.07, 6.45) is -2.25. The molecule has 0 aliphatic rings. The standard InChI is InChI=1S/C7H6Br.C6H7F3O.Li/c1-6-3-2-4-7(8)5-6;7-6(8,9)4-2-1-3-5-10;/h2-5H,1H2;4H,1-3H2;/q-1;-2;+1. The van der Waals surface area contributed by atoms with Crippen LogP contribution in [0.1, 0.15) is 24.8 Å². The molecule has 0 amide bonds. The maximum absolute atomic E-state index is 11.3. The second-order valence-corrected chi connectivity index (χ2v) is 4.33. The van der Waals surface area contributed by atoms with Crippen molar-refractivity contribution < 1.29 is 36.8 Å². The fourth-order valence-electron chi connectivity index (χ4n) is 0.977. The van der Waals surface area contributed by atoms with Crippen LogP contribution in [0.25, 0.3) is 0 Å². The van der Waals surface area contributed by atoms with Crippen molar-refractivity contribution in [2.45, 2.75) is 25.4 Å². The number of hydrogen-bond acceptors (Lipinski definition) is 1. The van der Waals surface area contributed by atoms with Gasteiger partial charge >= 0.3 is 18.9 Å². The Morgan fingerprint density at radius 2 is 2.00 bits per heavy atom. The van der Waals surface area contributed by atoms with Gasteiger partial charge in [0.15, 0.2) is 0 Å². The van der Waals surface area contributed by atoms with Crippen molar-refractivity contribution in [2.75, 3.05) is 0 Å². The van der Waals surface area contributed by atoms with Gasteiger partial charge in [0.1, 0.15) is 0 Å². The summed E-state index contributed by atoms with van der Waals surface area (Å²) in [5.74, 6) is 0. The van der Waals surface area contributed by atoms with E-state index in [1.807, 2.05) is 24.3 Å². The van der Waals surface area contributed by atoms with Crippen LogP contribution < -0.4 is 18.9 Å². The third kappa shape index (κ3) is 15.6. The van der Waals surface area contributed by atoms with Gasteiger partial charge in [-0.05, 0) is 4.47 Å². The van der Waals surface area contributed by atoms with E-state index in [4.69, 9.17) is 0 Å². The number of carbonyl (C=O) groups excluding carboxylic acids is 1. The molecule has 0 saturated heterocycles. The van der Waals surface area contributed by atoms with Gasteiger partial charge in [0.25, 0.3) is 6.18 Å². The molecule has 0 bridgehead atoms. The Morgan fingerprint density at radius 1 is 1.37 bits per heavy atom. The monoisotopic (exact) mass is 328 g/mol. The molecule has 0 radical (unpaired) electrons. The second-order valence-electron chi connectivity index (χ2n) is 3.41. The van der Waals surface area contributed by atoms with E-state index in [0.29, 0.717) is 0 Å². The molecule has 0 N–H and O–H groups in total. The third-order valence-electron chi connectivity index (χ3n) is 1.75. The number of rotatable bonds is 4. The Morgan fingerprint density at radius 3 is 2.37 bits per heavy atom. The van der Waals surface area contributed by atoms with Gasteiger partial charge in [-0.1, -0.05) is 22.0 Å². The van der Waals surface area contributed by atoms with Crippen LogP contribution in [0.15, 0.2) is 28.7 Å².